The SMILES string of the molecule is CCc1ccc2oc(-c3ccc(NC(=O)c4ccc(-c5ccc(C)c(C)c5)o4)cc3)nc2c1. The number of hydrogen-bond donors (Lipinski definition) is 1. The summed E-state index contributed by atoms with van der Waals surface area (Å²) in [6, 6.07) is 23.1. The normalized spacial score (nSPS) is 11.1. The average Bonchev–Trinajstić information content (AvgIpc) is 3.48. The van der Waals surface area contributed by atoms with Gasteiger partial charge in [0.25, 0.3) is 5.91 Å². The third-order valence-electron chi connectivity index (χ3n) is 5.87. The Kier molecular flexibility index (Phi) is 5.31. The number of carbonyl (C=O) groups excluding carboxylic acids is 1. The number of fused-ring (bicyclic) bond motifs is 1. The minimum absolute atomic E-state index is 0.262. The number of anilines is 1. The summed E-state index contributed by atoms with van der Waals surface area (Å²) in [6.07, 6.45) is 0.953. The molecule has 1 amide bonds. The van der Waals surface area contributed by atoms with Crippen molar-refractivity contribution >= 4 is 22.7 Å². The summed E-state index contributed by atoms with van der Waals surface area (Å²) in [5.74, 6) is 1.19. The lowest BCUT2D eigenvalue weighted by atomic mass is 10.1. The summed E-state index contributed by atoms with van der Waals surface area (Å²) < 4.78 is 11.7. The molecule has 1 N–H and O–H groups in total. The first kappa shape index (κ1) is 20.8. The van der Waals surface area contributed by atoms with E-state index in [0.29, 0.717) is 17.3 Å². The molecular formula is C28H24N2O3. The highest BCUT2D eigenvalue weighted by atomic mass is 16.4. The van der Waals surface area contributed by atoms with Gasteiger partial charge in [0.05, 0.1) is 0 Å². The number of oxazole rings is 1. The Morgan fingerprint density at radius 3 is 2.39 bits per heavy atom. The summed E-state index contributed by atoms with van der Waals surface area (Å²) in [4.78, 5) is 17.3. The highest BCUT2D eigenvalue weighted by Gasteiger charge is 2.14. The summed E-state index contributed by atoms with van der Waals surface area (Å²) in [5.41, 5.74) is 7.69. The molecule has 0 radical (unpaired) electrons. The Morgan fingerprint density at radius 2 is 1.64 bits per heavy atom. The molecule has 5 heteroatoms. The molecule has 0 saturated heterocycles. The number of aryl methyl sites for hydroxylation is 3. The van der Waals surface area contributed by atoms with E-state index in [1.165, 1.54) is 16.7 Å². The lowest BCUT2D eigenvalue weighted by Crippen LogP contribution is -2.10. The molecule has 0 saturated carbocycles. The third-order valence-corrected chi connectivity index (χ3v) is 5.87. The quantitative estimate of drug-likeness (QED) is 0.317. The molecule has 0 fully saturated rings. The van der Waals surface area contributed by atoms with Crippen molar-refractivity contribution < 1.29 is 13.6 Å². The predicted octanol–water partition coefficient (Wildman–Crippen LogP) is 7.19. The van der Waals surface area contributed by atoms with E-state index in [0.717, 1.165) is 28.6 Å². The zero-order valence-electron chi connectivity index (χ0n) is 18.8. The van der Waals surface area contributed by atoms with Gasteiger partial charge in [0.1, 0.15) is 11.3 Å². The van der Waals surface area contributed by atoms with E-state index >= 15 is 0 Å². The molecule has 2 aromatic heterocycles. The minimum Gasteiger partial charge on any atom is -0.451 e. The molecule has 2 heterocycles. The van der Waals surface area contributed by atoms with Gasteiger partial charge in [-0.2, -0.15) is 0 Å². The predicted molar refractivity (Wildman–Crippen MR) is 130 cm³/mol. The topological polar surface area (TPSA) is 68.3 Å². The van der Waals surface area contributed by atoms with Gasteiger partial charge in [-0.3, -0.25) is 4.79 Å². The van der Waals surface area contributed by atoms with Gasteiger partial charge in [0.15, 0.2) is 11.3 Å². The summed E-state index contributed by atoms with van der Waals surface area (Å²) >= 11 is 0. The van der Waals surface area contributed by atoms with Crippen molar-refractivity contribution in [2.24, 2.45) is 0 Å². The van der Waals surface area contributed by atoms with Gasteiger partial charge in [-0.1, -0.05) is 25.1 Å². The highest BCUT2D eigenvalue weighted by molar-refractivity contribution is 6.02. The second kappa shape index (κ2) is 8.43. The second-order valence-corrected chi connectivity index (χ2v) is 8.17. The summed E-state index contributed by atoms with van der Waals surface area (Å²) in [6.45, 7) is 6.24. The van der Waals surface area contributed by atoms with Crippen molar-refractivity contribution in [3.63, 3.8) is 0 Å². The molecule has 5 aromatic rings. The van der Waals surface area contributed by atoms with Gasteiger partial charge in [-0.15, -0.1) is 0 Å². The number of aromatic nitrogens is 1. The second-order valence-electron chi connectivity index (χ2n) is 8.17. The number of benzene rings is 3. The molecular weight excluding hydrogens is 412 g/mol. The zero-order chi connectivity index (χ0) is 22.9. The Morgan fingerprint density at radius 1 is 0.848 bits per heavy atom. The molecule has 0 spiro atoms. The Labute approximate surface area is 192 Å². The van der Waals surface area contributed by atoms with E-state index in [4.69, 9.17) is 8.83 Å². The van der Waals surface area contributed by atoms with Crippen molar-refractivity contribution in [2.45, 2.75) is 27.2 Å². The van der Waals surface area contributed by atoms with Crippen LogP contribution in [0.25, 0.3) is 33.9 Å². The average molecular weight is 437 g/mol. The van der Waals surface area contributed by atoms with Crippen LogP contribution in [0.5, 0.6) is 0 Å². The Balaban J connectivity index is 1.31. The van der Waals surface area contributed by atoms with Crippen LogP contribution >= 0.6 is 0 Å². The van der Waals surface area contributed by atoms with E-state index in [-0.39, 0.29) is 11.7 Å². The number of nitrogens with one attached hydrogen (secondary N) is 1. The maximum atomic E-state index is 12.7. The van der Waals surface area contributed by atoms with Crippen molar-refractivity contribution in [1.29, 1.82) is 0 Å². The number of hydrogen-bond acceptors (Lipinski definition) is 4. The monoisotopic (exact) mass is 436 g/mol. The first-order valence-electron chi connectivity index (χ1n) is 11.0. The molecule has 5 rings (SSSR count). The standard InChI is InChI=1S/C28H24N2O3/c1-4-19-6-12-25-23(16-19)30-28(33-25)20-8-10-22(11-9-20)29-27(31)26-14-13-24(32-26)21-7-5-17(2)18(3)15-21/h5-16H,4H2,1-3H3,(H,29,31). The fourth-order valence-electron chi connectivity index (χ4n) is 3.71. The van der Waals surface area contributed by atoms with Crippen LogP contribution in [-0.4, -0.2) is 10.9 Å². The summed E-state index contributed by atoms with van der Waals surface area (Å²) in [7, 11) is 0. The van der Waals surface area contributed by atoms with Crippen LogP contribution < -0.4 is 5.32 Å². The van der Waals surface area contributed by atoms with Crippen LogP contribution in [0.15, 0.2) is 81.6 Å². The number of amides is 1. The minimum atomic E-state index is -0.299. The van der Waals surface area contributed by atoms with Crippen LogP contribution in [-0.2, 0) is 6.42 Å². The molecule has 0 bridgehead atoms. The van der Waals surface area contributed by atoms with E-state index in [1.807, 2.05) is 54.6 Å². The number of carbonyl (C=O) groups is 1. The van der Waals surface area contributed by atoms with Crippen LogP contribution in [0.3, 0.4) is 0 Å². The zero-order valence-corrected chi connectivity index (χ0v) is 18.8. The summed E-state index contributed by atoms with van der Waals surface area (Å²) in [5, 5.41) is 2.88. The maximum Gasteiger partial charge on any atom is 0.291 e. The molecule has 0 unspecified atom stereocenters. The number of nitrogens with zero attached hydrogens (tertiary/aromatic N) is 1. The molecule has 0 aliphatic heterocycles. The highest BCUT2D eigenvalue weighted by Crippen LogP contribution is 2.27. The largest absolute Gasteiger partial charge is 0.451 e. The van der Waals surface area contributed by atoms with Crippen molar-refractivity contribution in [1.82, 2.24) is 4.98 Å². The van der Waals surface area contributed by atoms with Crippen LogP contribution in [0.4, 0.5) is 5.69 Å². The molecule has 33 heavy (non-hydrogen) atoms. The molecule has 0 aliphatic rings. The van der Waals surface area contributed by atoms with Gasteiger partial charge in [0.2, 0.25) is 5.89 Å². The molecule has 0 atom stereocenters. The Hall–Kier alpha value is -4.12. The lowest BCUT2D eigenvalue weighted by molar-refractivity contribution is 0.0997. The van der Waals surface area contributed by atoms with E-state index in [2.05, 4.69) is 43.2 Å². The van der Waals surface area contributed by atoms with E-state index in [9.17, 15) is 4.79 Å². The van der Waals surface area contributed by atoms with Crippen molar-refractivity contribution in [3.05, 3.63) is 95.2 Å². The van der Waals surface area contributed by atoms with Gasteiger partial charge < -0.3 is 14.2 Å². The van der Waals surface area contributed by atoms with Crippen molar-refractivity contribution in [2.75, 3.05) is 5.32 Å². The van der Waals surface area contributed by atoms with Crippen molar-refractivity contribution in [3.8, 4) is 22.8 Å². The fourth-order valence-corrected chi connectivity index (χ4v) is 3.71. The Bertz CT molecular complexity index is 1460. The molecule has 3 aromatic carbocycles. The maximum absolute atomic E-state index is 12.7. The van der Waals surface area contributed by atoms with Gasteiger partial charge in [-0.25, -0.2) is 4.98 Å². The van der Waals surface area contributed by atoms with Gasteiger partial charge in [-0.05, 0) is 91.6 Å². The number of furan rings is 1. The molecule has 164 valence electrons. The van der Waals surface area contributed by atoms with Crippen LogP contribution in [0, 0.1) is 13.8 Å². The third kappa shape index (κ3) is 4.17. The molecule has 5 nitrogen and oxygen atoms in total. The lowest BCUT2D eigenvalue weighted by Gasteiger charge is -2.05. The van der Waals surface area contributed by atoms with Gasteiger partial charge in [0, 0.05) is 16.8 Å². The molecule has 0 aliphatic carbocycles. The van der Waals surface area contributed by atoms with E-state index < -0.39 is 0 Å². The fraction of sp³-hybridized carbons (Fsp3) is 0.143. The smallest absolute Gasteiger partial charge is 0.291 e. The van der Waals surface area contributed by atoms with Crippen LogP contribution in [0.2, 0.25) is 0 Å². The first-order valence-corrected chi connectivity index (χ1v) is 11.0. The number of rotatable bonds is 5. The van der Waals surface area contributed by atoms with Gasteiger partial charge >= 0.3 is 0 Å². The van der Waals surface area contributed by atoms with E-state index in [1.54, 1.807) is 6.07 Å². The van der Waals surface area contributed by atoms with Crippen LogP contribution in [0.1, 0.15) is 34.2 Å². The first-order chi connectivity index (χ1) is 16.0.